The van der Waals surface area contributed by atoms with Gasteiger partial charge < -0.3 is 4.74 Å². The smallest absolute Gasteiger partial charge is 0.456 e. The lowest BCUT2D eigenvalue weighted by molar-refractivity contribution is -0.207. The molecule has 0 saturated heterocycles. The monoisotopic (exact) mass is 224 g/mol. The molecule has 0 spiro atoms. The number of halogens is 3. The molecule has 0 radical (unpaired) electrons. The fourth-order valence-corrected chi connectivity index (χ4v) is 1.82. The summed E-state index contributed by atoms with van der Waals surface area (Å²) in [6.45, 7) is 4.03. The zero-order chi connectivity index (χ0) is 11.6. The van der Waals surface area contributed by atoms with Crippen molar-refractivity contribution in [2.75, 3.05) is 0 Å². The molecule has 1 rings (SSSR count). The summed E-state index contributed by atoms with van der Waals surface area (Å²) in [7, 11) is 0. The standard InChI is InChI=1S/C10H15F3O2/c1-6-3-4-8(5-7(6)2)15-9(14)10(11,12)13/h6-8H,3-5H2,1-2H3/t6-,7-,8+/m0/s1. The molecule has 1 aliphatic carbocycles. The molecule has 0 heterocycles. The third-order valence-electron chi connectivity index (χ3n) is 3.06. The van der Waals surface area contributed by atoms with Crippen LogP contribution in [0.4, 0.5) is 13.2 Å². The Morgan fingerprint density at radius 2 is 1.80 bits per heavy atom. The molecule has 0 aromatic rings. The molecular formula is C10H15F3O2. The van der Waals surface area contributed by atoms with Crippen molar-refractivity contribution in [3.63, 3.8) is 0 Å². The molecule has 0 bridgehead atoms. The highest BCUT2D eigenvalue weighted by atomic mass is 19.4. The Hall–Kier alpha value is -0.740. The molecule has 1 aliphatic rings. The van der Waals surface area contributed by atoms with Crippen molar-refractivity contribution in [2.45, 2.75) is 45.4 Å². The first-order chi connectivity index (χ1) is 6.80. The first-order valence-electron chi connectivity index (χ1n) is 5.08. The minimum absolute atomic E-state index is 0.310. The van der Waals surface area contributed by atoms with Crippen LogP contribution in [0, 0.1) is 11.8 Å². The zero-order valence-corrected chi connectivity index (χ0v) is 8.80. The van der Waals surface area contributed by atoms with E-state index in [1.165, 1.54) is 0 Å². The van der Waals surface area contributed by atoms with Gasteiger partial charge in [-0.1, -0.05) is 13.8 Å². The Kier molecular flexibility index (Phi) is 3.62. The van der Waals surface area contributed by atoms with Gasteiger partial charge in [-0.3, -0.25) is 0 Å². The number of hydrogen-bond donors (Lipinski definition) is 0. The van der Waals surface area contributed by atoms with Gasteiger partial charge in [-0.05, 0) is 31.1 Å². The second-order valence-electron chi connectivity index (χ2n) is 4.29. The summed E-state index contributed by atoms with van der Waals surface area (Å²) in [4.78, 5) is 10.6. The molecule has 0 aromatic carbocycles. The zero-order valence-electron chi connectivity index (χ0n) is 8.80. The van der Waals surface area contributed by atoms with Gasteiger partial charge in [0.15, 0.2) is 0 Å². The minimum atomic E-state index is -4.87. The lowest BCUT2D eigenvalue weighted by Gasteiger charge is -2.31. The fourth-order valence-electron chi connectivity index (χ4n) is 1.82. The molecule has 88 valence electrons. The van der Waals surface area contributed by atoms with Crippen molar-refractivity contribution >= 4 is 5.97 Å². The van der Waals surface area contributed by atoms with Gasteiger partial charge in [0.05, 0.1) is 0 Å². The van der Waals surface area contributed by atoms with Crippen LogP contribution in [0.2, 0.25) is 0 Å². The molecule has 0 aromatic heterocycles. The van der Waals surface area contributed by atoms with Gasteiger partial charge in [0.1, 0.15) is 6.10 Å². The molecule has 1 fully saturated rings. The average Bonchev–Trinajstić information content (AvgIpc) is 2.10. The van der Waals surface area contributed by atoms with E-state index in [-0.39, 0.29) is 0 Å². The lowest BCUT2D eigenvalue weighted by atomic mass is 9.80. The molecule has 0 aliphatic heterocycles. The number of carbonyl (C=O) groups is 1. The molecule has 15 heavy (non-hydrogen) atoms. The van der Waals surface area contributed by atoms with Crippen molar-refractivity contribution in [1.82, 2.24) is 0 Å². The maximum absolute atomic E-state index is 11.9. The van der Waals surface area contributed by atoms with Crippen LogP contribution in [-0.2, 0) is 9.53 Å². The van der Waals surface area contributed by atoms with Gasteiger partial charge in [0, 0.05) is 0 Å². The van der Waals surface area contributed by atoms with Crippen molar-refractivity contribution in [2.24, 2.45) is 11.8 Å². The van der Waals surface area contributed by atoms with Gasteiger partial charge in [0.25, 0.3) is 0 Å². The topological polar surface area (TPSA) is 26.3 Å². The maximum Gasteiger partial charge on any atom is 0.490 e. The van der Waals surface area contributed by atoms with E-state index in [9.17, 15) is 18.0 Å². The van der Waals surface area contributed by atoms with Gasteiger partial charge in [0.2, 0.25) is 0 Å². The van der Waals surface area contributed by atoms with Gasteiger partial charge >= 0.3 is 12.1 Å². The maximum atomic E-state index is 11.9. The number of rotatable bonds is 1. The van der Waals surface area contributed by atoms with E-state index in [1.807, 2.05) is 6.92 Å². The van der Waals surface area contributed by atoms with Crippen molar-refractivity contribution < 1.29 is 22.7 Å². The van der Waals surface area contributed by atoms with E-state index < -0.39 is 18.2 Å². The number of hydrogen-bond acceptors (Lipinski definition) is 2. The van der Waals surface area contributed by atoms with Gasteiger partial charge in [-0.2, -0.15) is 13.2 Å². The number of esters is 1. The average molecular weight is 224 g/mol. The Morgan fingerprint density at radius 1 is 1.20 bits per heavy atom. The number of alkyl halides is 3. The van der Waals surface area contributed by atoms with E-state index in [0.29, 0.717) is 24.7 Å². The second-order valence-corrected chi connectivity index (χ2v) is 4.29. The Labute approximate surface area is 86.8 Å². The molecule has 5 heteroatoms. The summed E-state index contributed by atoms with van der Waals surface area (Å²) in [5.41, 5.74) is 0. The van der Waals surface area contributed by atoms with Crippen LogP contribution in [0.5, 0.6) is 0 Å². The lowest BCUT2D eigenvalue weighted by Crippen LogP contribution is -2.34. The normalized spacial score (nSPS) is 32.5. The summed E-state index contributed by atoms with van der Waals surface area (Å²) in [5.74, 6) is -1.26. The van der Waals surface area contributed by atoms with Crippen LogP contribution in [0.3, 0.4) is 0 Å². The van der Waals surface area contributed by atoms with E-state index in [1.54, 1.807) is 0 Å². The van der Waals surface area contributed by atoms with Crippen LogP contribution in [-0.4, -0.2) is 18.2 Å². The Bertz CT molecular complexity index is 237. The molecule has 0 amide bonds. The third kappa shape index (κ3) is 3.39. The SMILES string of the molecule is C[C@H]1CC[C@@H](OC(=O)C(F)(F)F)C[C@@H]1C. The molecule has 1 saturated carbocycles. The largest absolute Gasteiger partial charge is 0.490 e. The van der Waals surface area contributed by atoms with E-state index in [4.69, 9.17) is 0 Å². The quantitative estimate of drug-likeness (QED) is 0.640. The Morgan fingerprint density at radius 3 is 2.27 bits per heavy atom. The number of ether oxygens (including phenoxy) is 1. The van der Waals surface area contributed by atoms with Crippen molar-refractivity contribution in [3.8, 4) is 0 Å². The predicted molar refractivity (Wildman–Crippen MR) is 48.1 cm³/mol. The summed E-state index contributed by atoms with van der Waals surface area (Å²) >= 11 is 0. The fraction of sp³-hybridized carbons (Fsp3) is 0.900. The van der Waals surface area contributed by atoms with E-state index in [0.717, 1.165) is 6.42 Å². The van der Waals surface area contributed by atoms with Crippen LogP contribution < -0.4 is 0 Å². The van der Waals surface area contributed by atoms with Crippen LogP contribution >= 0.6 is 0 Å². The molecule has 3 atom stereocenters. The molecule has 0 unspecified atom stereocenters. The molecule has 0 N–H and O–H groups in total. The summed E-state index contributed by atoms with van der Waals surface area (Å²) in [6, 6.07) is 0. The van der Waals surface area contributed by atoms with Crippen molar-refractivity contribution in [1.29, 1.82) is 0 Å². The van der Waals surface area contributed by atoms with Gasteiger partial charge in [-0.25, -0.2) is 4.79 Å². The summed E-state index contributed by atoms with van der Waals surface area (Å²) < 4.78 is 40.1. The highest BCUT2D eigenvalue weighted by molar-refractivity contribution is 5.75. The third-order valence-corrected chi connectivity index (χ3v) is 3.06. The minimum Gasteiger partial charge on any atom is -0.456 e. The molecular weight excluding hydrogens is 209 g/mol. The highest BCUT2D eigenvalue weighted by Crippen LogP contribution is 2.32. The first kappa shape index (κ1) is 12.3. The van der Waals surface area contributed by atoms with Gasteiger partial charge in [-0.15, -0.1) is 0 Å². The van der Waals surface area contributed by atoms with E-state index >= 15 is 0 Å². The number of carbonyl (C=O) groups excluding carboxylic acids is 1. The Balaban J connectivity index is 2.44. The van der Waals surface area contributed by atoms with Crippen LogP contribution in [0.15, 0.2) is 0 Å². The van der Waals surface area contributed by atoms with Crippen LogP contribution in [0.25, 0.3) is 0 Å². The predicted octanol–water partition coefficient (Wildman–Crippen LogP) is 2.92. The summed E-state index contributed by atoms with van der Waals surface area (Å²) in [6.07, 6.45) is -3.55. The highest BCUT2D eigenvalue weighted by Gasteiger charge is 2.42. The molecule has 2 nitrogen and oxygen atoms in total. The summed E-state index contributed by atoms with van der Waals surface area (Å²) in [5, 5.41) is 0. The van der Waals surface area contributed by atoms with Crippen molar-refractivity contribution in [3.05, 3.63) is 0 Å². The van der Waals surface area contributed by atoms with E-state index in [2.05, 4.69) is 11.7 Å². The second kappa shape index (κ2) is 4.41. The first-order valence-corrected chi connectivity index (χ1v) is 5.08. The van der Waals surface area contributed by atoms with Crippen LogP contribution in [0.1, 0.15) is 33.1 Å².